The van der Waals surface area contributed by atoms with E-state index in [9.17, 15) is 14.4 Å². The van der Waals surface area contributed by atoms with Crippen LogP contribution in [0.4, 0.5) is 10.6 Å². The average Bonchev–Trinajstić information content (AvgIpc) is 2.64. The third-order valence-electron chi connectivity index (χ3n) is 3.26. The third-order valence-corrected chi connectivity index (χ3v) is 3.26. The van der Waals surface area contributed by atoms with Gasteiger partial charge in [-0.25, -0.2) is 9.59 Å². The maximum atomic E-state index is 11.8. The van der Waals surface area contributed by atoms with Crippen LogP contribution in [0.5, 0.6) is 0 Å². The number of hydrogen-bond donors (Lipinski definition) is 5. The number of nitrogens with one attached hydrogen (secondary N) is 5. The molecule has 12 nitrogen and oxygen atoms in total. The SMILES string of the molecule is CNC(=N)NCCC(=O)OCC(COC(=O)Nc1nc(=O)[nH]cc1C)OC. The number of nitrogens with zero attached hydrogens (tertiary/aromatic N) is 1. The van der Waals surface area contributed by atoms with Crippen LogP contribution in [0, 0.1) is 12.3 Å². The second-order valence-corrected chi connectivity index (χ2v) is 5.30. The molecule has 150 valence electrons. The molecule has 12 heteroatoms. The summed E-state index contributed by atoms with van der Waals surface area (Å²) in [6.45, 7) is 1.63. The molecule has 0 aromatic carbocycles. The molecule has 1 rings (SSSR count). The molecule has 0 bridgehead atoms. The fraction of sp³-hybridized carbons (Fsp3) is 0.533. The van der Waals surface area contributed by atoms with Gasteiger partial charge in [-0.1, -0.05) is 0 Å². The number of aromatic nitrogens is 2. The van der Waals surface area contributed by atoms with Gasteiger partial charge in [0.25, 0.3) is 0 Å². The average molecular weight is 384 g/mol. The van der Waals surface area contributed by atoms with Gasteiger partial charge < -0.3 is 29.8 Å². The van der Waals surface area contributed by atoms with E-state index in [1.54, 1.807) is 14.0 Å². The van der Waals surface area contributed by atoms with Crippen LogP contribution in [-0.4, -0.2) is 68.0 Å². The molecule has 0 saturated carbocycles. The Balaban J connectivity index is 2.33. The van der Waals surface area contributed by atoms with Crippen molar-refractivity contribution >= 4 is 23.8 Å². The summed E-state index contributed by atoms with van der Waals surface area (Å²) in [5, 5.41) is 14.9. The Morgan fingerprint density at radius 3 is 2.70 bits per heavy atom. The lowest BCUT2D eigenvalue weighted by molar-refractivity contribution is -0.147. The number of amides is 1. The van der Waals surface area contributed by atoms with Crippen molar-refractivity contribution in [2.24, 2.45) is 0 Å². The maximum absolute atomic E-state index is 11.8. The molecule has 1 heterocycles. The van der Waals surface area contributed by atoms with Gasteiger partial charge in [0.05, 0.1) is 6.42 Å². The number of carbonyl (C=O) groups excluding carboxylic acids is 2. The molecule has 1 aromatic heterocycles. The van der Waals surface area contributed by atoms with Crippen LogP contribution in [0.25, 0.3) is 0 Å². The van der Waals surface area contributed by atoms with E-state index in [4.69, 9.17) is 19.6 Å². The Hall–Kier alpha value is -3.15. The van der Waals surface area contributed by atoms with E-state index < -0.39 is 23.9 Å². The van der Waals surface area contributed by atoms with E-state index in [-0.39, 0.29) is 38.0 Å². The lowest BCUT2D eigenvalue weighted by Gasteiger charge is -2.16. The third kappa shape index (κ3) is 8.67. The van der Waals surface area contributed by atoms with Crippen molar-refractivity contribution in [3.05, 3.63) is 22.2 Å². The van der Waals surface area contributed by atoms with Gasteiger partial charge in [0.15, 0.2) is 5.96 Å². The molecule has 5 N–H and O–H groups in total. The fourth-order valence-corrected chi connectivity index (χ4v) is 1.71. The first-order chi connectivity index (χ1) is 12.8. The Labute approximate surface area is 155 Å². The van der Waals surface area contributed by atoms with Crippen LogP contribution in [0.2, 0.25) is 0 Å². The molecule has 0 spiro atoms. The Morgan fingerprint density at radius 2 is 2.04 bits per heavy atom. The zero-order chi connectivity index (χ0) is 20.2. The summed E-state index contributed by atoms with van der Waals surface area (Å²) in [7, 11) is 2.97. The Kier molecular flexibility index (Phi) is 9.29. The molecule has 0 radical (unpaired) electrons. The van der Waals surface area contributed by atoms with Crippen LogP contribution >= 0.6 is 0 Å². The highest BCUT2D eigenvalue weighted by molar-refractivity contribution is 5.84. The van der Waals surface area contributed by atoms with Crippen molar-refractivity contribution < 1.29 is 23.8 Å². The van der Waals surface area contributed by atoms with Crippen molar-refractivity contribution in [3.8, 4) is 0 Å². The van der Waals surface area contributed by atoms with Crippen LogP contribution < -0.4 is 21.6 Å². The number of aryl methyl sites for hydroxylation is 1. The Bertz CT molecular complexity index is 706. The minimum atomic E-state index is -0.820. The molecule has 1 unspecified atom stereocenters. The van der Waals surface area contributed by atoms with E-state index in [2.05, 4.69) is 25.9 Å². The first-order valence-corrected chi connectivity index (χ1v) is 8.04. The van der Waals surface area contributed by atoms with Gasteiger partial charge in [-0.2, -0.15) is 4.98 Å². The second kappa shape index (κ2) is 11.5. The van der Waals surface area contributed by atoms with Gasteiger partial charge in [0.1, 0.15) is 25.1 Å². The smallest absolute Gasteiger partial charge is 0.412 e. The topological polar surface area (TPSA) is 168 Å². The highest BCUT2D eigenvalue weighted by Gasteiger charge is 2.15. The molecule has 0 aliphatic carbocycles. The lowest BCUT2D eigenvalue weighted by Crippen LogP contribution is -2.35. The second-order valence-electron chi connectivity index (χ2n) is 5.30. The van der Waals surface area contributed by atoms with Crippen molar-refractivity contribution in [1.82, 2.24) is 20.6 Å². The molecule has 0 fully saturated rings. The van der Waals surface area contributed by atoms with E-state index in [1.165, 1.54) is 13.3 Å². The zero-order valence-electron chi connectivity index (χ0n) is 15.4. The van der Waals surface area contributed by atoms with Crippen molar-refractivity contribution in [2.75, 3.05) is 39.2 Å². The number of methoxy groups -OCH3 is 1. The summed E-state index contributed by atoms with van der Waals surface area (Å²) in [6.07, 6.45) is 0.000689. The van der Waals surface area contributed by atoms with Gasteiger partial charge in [0.2, 0.25) is 0 Å². The molecular formula is C15H24N6O6. The molecule has 1 atom stereocenters. The maximum Gasteiger partial charge on any atom is 0.412 e. The van der Waals surface area contributed by atoms with Gasteiger partial charge in [0, 0.05) is 32.5 Å². The summed E-state index contributed by atoms with van der Waals surface area (Å²) in [5.74, 6) is -0.299. The van der Waals surface area contributed by atoms with Gasteiger partial charge in [-0.15, -0.1) is 0 Å². The first kappa shape index (κ1) is 21.9. The van der Waals surface area contributed by atoms with Crippen LogP contribution in [0.1, 0.15) is 12.0 Å². The van der Waals surface area contributed by atoms with Crippen LogP contribution in [0.3, 0.4) is 0 Å². The fourth-order valence-electron chi connectivity index (χ4n) is 1.71. The van der Waals surface area contributed by atoms with E-state index in [1.807, 2.05) is 0 Å². The summed E-state index contributed by atoms with van der Waals surface area (Å²) >= 11 is 0. The number of rotatable bonds is 9. The monoisotopic (exact) mass is 384 g/mol. The number of hydrogen-bond acceptors (Lipinski definition) is 8. The number of anilines is 1. The number of aromatic amines is 1. The highest BCUT2D eigenvalue weighted by atomic mass is 16.6. The largest absolute Gasteiger partial charge is 0.463 e. The minimum absolute atomic E-state index is 0.0648. The van der Waals surface area contributed by atoms with Gasteiger partial charge in [-0.3, -0.25) is 15.5 Å². The van der Waals surface area contributed by atoms with Crippen LogP contribution in [-0.2, 0) is 19.0 Å². The number of carbonyl (C=O) groups is 2. The molecular weight excluding hydrogens is 360 g/mol. The quantitative estimate of drug-likeness (QED) is 0.210. The van der Waals surface area contributed by atoms with Gasteiger partial charge >= 0.3 is 17.8 Å². The molecule has 1 aromatic rings. The van der Waals surface area contributed by atoms with Crippen molar-refractivity contribution in [3.63, 3.8) is 0 Å². The van der Waals surface area contributed by atoms with Crippen molar-refractivity contribution in [1.29, 1.82) is 5.41 Å². The number of guanidine groups is 1. The molecule has 27 heavy (non-hydrogen) atoms. The molecule has 0 saturated heterocycles. The Morgan fingerprint density at radius 1 is 1.33 bits per heavy atom. The normalized spacial score (nSPS) is 11.2. The predicted molar refractivity (Wildman–Crippen MR) is 95.7 cm³/mol. The van der Waals surface area contributed by atoms with Gasteiger partial charge in [-0.05, 0) is 6.92 Å². The van der Waals surface area contributed by atoms with Crippen LogP contribution in [0.15, 0.2) is 11.0 Å². The predicted octanol–water partition coefficient (Wildman–Crippen LogP) is -0.681. The van der Waals surface area contributed by atoms with E-state index >= 15 is 0 Å². The standard InChI is InChI=1S/C15H24N6O6/c1-9-6-19-14(23)20-12(9)21-15(24)27-8-10(25-3)7-26-11(22)4-5-18-13(16)17-2/h6,10H,4-5,7-8H2,1-3H3,(H3,16,17,18)(H2,19,20,21,23,24). The van der Waals surface area contributed by atoms with E-state index in [0.29, 0.717) is 5.56 Å². The summed E-state index contributed by atoms with van der Waals surface area (Å²) in [5.41, 5.74) is -0.0411. The number of esters is 1. The van der Waals surface area contributed by atoms with Crippen molar-refractivity contribution in [2.45, 2.75) is 19.4 Å². The van der Waals surface area contributed by atoms with E-state index in [0.717, 1.165) is 0 Å². The zero-order valence-corrected chi connectivity index (χ0v) is 15.4. The summed E-state index contributed by atoms with van der Waals surface area (Å²) < 4.78 is 15.1. The first-order valence-electron chi connectivity index (χ1n) is 8.04. The molecule has 0 aliphatic heterocycles. The lowest BCUT2D eigenvalue weighted by atomic mass is 10.3. The highest BCUT2D eigenvalue weighted by Crippen LogP contribution is 2.06. The summed E-state index contributed by atoms with van der Waals surface area (Å²) in [6, 6.07) is 0. The molecule has 1 amide bonds. The summed E-state index contributed by atoms with van der Waals surface area (Å²) in [4.78, 5) is 40.6. The number of H-pyrrole nitrogens is 1. The number of ether oxygens (including phenoxy) is 3. The molecule has 0 aliphatic rings. The minimum Gasteiger partial charge on any atom is -0.463 e.